The molecule has 0 bridgehead atoms. The van der Waals surface area contributed by atoms with Gasteiger partial charge in [-0.15, -0.1) is 0 Å². The monoisotopic (exact) mass is 200 g/mol. The molecule has 1 fully saturated rings. The first kappa shape index (κ1) is 10.9. The lowest BCUT2D eigenvalue weighted by Crippen LogP contribution is -2.43. The number of thioether (sulfide) groups is 1. The van der Waals surface area contributed by atoms with Gasteiger partial charge in [0.05, 0.1) is 5.84 Å². The molecule has 0 radical (unpaired) electrons. The van der Waals surface area contributed by atoms with Crippen molar-refractivity contribution in [3.05, 3.63) is 0 Å². The van der Waals surface area contributed by atoms with Gasteiger partial charge < -0.3 is 4.90 Å². The SMILES string of the molecule is CCCC(=N)N1CC(C)SC(C)C1. The fourth-order valence-corrected chi connectivity index (χ4v) is 3.12. The third kappa shape index (κ3) is 3.22. The van der Waals surface area contributed by atoms with Crippen molar-refractivity contribution in [3.63, 3.8) is 0 Å². The summed E-state index contributed by atoms with van der Waals surface area (Å²) >= 11 is 2.04. The van der Waals surface area contributed by atoms with Crippen LogP contribution in [0.5, 0.6) is 0 Å². The summed E-state index contributed by atoms with van der Waals surface area (Å²) in [5.41, 5.74) is 0. The van der Waals surface area contributed by atoms with Crippen LogP contribution in [-0.2, 0) is 0 Å². The standard InChI is InChI=1S/C10H20N2S/c1-4-5-10(11)12-6-8(2)13-9(3)7-12/h8-9,11H,4-7H2,1-3H3. The Bertz CT molecular complexity index is 172. The molecule has 0 spiro atoms. The normalized spacial score (nSPS) is 29.0. The molecule has 0 saturated carbocycles. The van der Waals surface area contributed by atoms with Crippen LogP contribution in [0.2, 0.25) is 0 Å². The van der Waals surface area contributed by atoms with Gasteiger partial charge in [-0.3, -0.25) is 5.41 Å². The highest BCUT2D eigenvalue weighted by Gasteiger charge is 2.23. The molecular formula is C10H20N2S. The lowest BCUT2D eigenvalue weighted by atomic mass is 10.2. The number of hydrogen-bond donors (Lipinski definition) is 1. The lowest BCUT2D eigenvalue weighted by Gasteiger charge is -2.36. The summed E-state index contributed by atoms with van der Waals surface area (Å²) in [5, 5.41) is 9.24. The summed E-state index contributed by atoms with van der Waals surface area (Å²) in [6.07, 6.45) is 2.02. The molecule has 13 heavy (non-hydrogen) atoms. The number of rotatable bonds is 2. The van der Waals surface area contributed by atoms with E-state index in [9.17, 15) is 0 Å². The number of amidine groups is 1. The Morgan fingerprint density at radius 3 is 2.38 bits per heavy atom. The fourth-order valence-electron chi connectivity index (χ4n) is 1.79. The Labute approximate surface area is 85.6 Å². The van der Waals surface area contributed by atoms with E-state index in [0.717, 1.165) is 31.8 Å². The van der Waals surface area contributed by atoms with Crippen LogP contribution in [0, 0.1) is 5.41 Å². The van der Waals surface area contributed by atoms with E-state index in [1.807, 2.05) is 11.8 Å². The molecule has 1 aliphatic heterocycles. The maximum absolute atomic E-state index is 7.88. The van der Waals surface area contributed by atoms with E-state index in [0.29, 0.717) is 10.5 Å². The molecular weight excluding hydrogens is 180 g/mol. The molecule has 76 valence electrons. The van der Waals surface area contributed by atoms with Gasteiger partial charge in [0.15, 0.2) is 0 Å². The maximum atomic E-state index is 7.88. The first-order valence-electron chi connectivity index (χ1n) is 5.11. The molecule has 0 amide bonds. The van der Waals surface area contributed by atoms with Crippen LogP contribution in [-0.4, -0.2) is 34.3 Å². The molecule has 1 aliphatic rings. The van der Waals surface area contributed by atoms with Crippen LogP contribution in [0.3, 0.4) is 0 Å². The maximum Gasteiger partial charge on any atom is 0.0958 e. The van der Waals surface area contributed by atoms with Crippen LogP contribution < -0.4 is 0 Å². The molecule has 2 unspecified atom stereocenters. The molecule has 1 rings (SSSR count). The van der Waals surface area contributed by atoms with Crippen molar-refractivity contribution in [2.45, 2.75) is 44.1 Å². The molecule has 3 heteroatoms. The zero-order valence-corrected chi connectivity index (χ0v) is 9.66. The van der Waals surface area contributed by atoms with Crippen LogP contribution in [0.1, 0.15) is 33.6 Å². The van der Waals surface area contributed by atoms with Crippen LogP contribution in [0.25, 0.3) is 0 Å². The second-order valence-electron chi connectivity index (χ2n) is 3.86. The minimum Gasteiger partial charge on any atom is -0.358 e. The average Bonchev–Trinajstić information content (AvgIpc) is 2.03. The van der Waals surface area contributed by atoms with Gasteiger partial charge in [0.2, 0.25) is 0 Å². The Hall–Kier alpha value is -0.180. The summed E-state index contributed by atoms with van der Waals surface area (Å²) in [6.45, 7) is 8.78. The Kier molecular flexibility index (Phi) is 4.10. The van der Waals surface area contributed by atoms with Crippen molar-refractivity contribution in [2.75, 3.05) is 13.1 Å². The second-order valence-corrected chi connectivity index (χ2v) is 5.74. The summed E-state index contributed by atoms with van der Waals surface area (Å²) in [7, 11) is 0. The zero-order valence-electron chi connectivity index (χ0n) is 8.84. The van der Waals surface area contributed by atoms with Crippen molar-refractivity contribution in [2.24, 2.45) is 0 Å². The van der Waals surface area contributed by atoms with Gasteiger partial charge >= 0.3 is 0 Å². The van der Waals surface area contributed by atoms with E-state index >= 15 is 0 Å². The lowest BCUT2D eigenvalue weighted by molar-refractivity contribution is 0.399. The van der Waals surface area contributed by atoms with Crippen molar-refractivity contribution in [1.29, 1.82) is 5.41 Å². The smallest absolute Gasteiger partial charge is 0.0958 e. The van der Waals surface area contributed by atoms with Crippen LogP contribution in [0.4, 0.5) is 0 Å². The summed E-state index contributed by atoms with van der Waals surface area (Å²) in [5.74, 6) is 0.835. The summed E-state index contributed by atoms with van der Waals surface area (Å²) in [6, 6.07) is 0. The average molecular weight is 200 g/mol. The Morgan fingerprint density at radius 1 is 1.38 bits per heavy atom. The van der Waals surface area contributed by atoms with E-state index in [1.54, 1.807) is 0 Å². The molecule has 1 saturated heterocycles. The largest absolute Gasteiger partial charge is 0.358 e. The third-order valence-electron chi connectivity index (χ3n) is 2.29. The van der Waals surface area contributed by atoms with E-state index < -0.39 is 0 Å². The van der Waals surface area contributed by atoms with Crippen molar-refractivity contribution in [3.8, 4) is 0 Å². The summed E-state index contributed by atoms with van der Waals surface area (Å²) in [4.78, 5) is 2.25. The Balaban J connectivity index is 2.45. The molecule has 1 N–H and O–H groups in total. The van der Waals surface area contributed by atoms with E-state index in [-0.39, 0.29) is 0 Å². The van der Waals surface area contributed by atoms with Gasteiger partial charge in [0, 0.05) is 30.0 Å². The Morgan fingerprint density at radius 2 is 1.92 bits per heavy atom. The van der Waals surface area contributed by atoms with Crippen LogP contribution >= 0.6 is 11.8 Å². The first-order valence-corrected chi connectivity index (χ1v) is 6.05. The van der Waals surface area contributed by atoms with Gasteiger partial charge in [-0.25, -0.2) is 0 Å². The van der Waals surface area contributed by atoms with Gasteiger partial charge in [0.25, 0.3) is 0 Å². The van der Waals surface area contributed by atoms with Gasteiger partial charge in [-0.2, -0.15) is 11.8 Å². The molecule has 1 heterocycles. The number of nitrogens with zero attached hydrogens (tertiary/aromatic N) is 1. The highest BCUT2D eigenvalue weighted by atomic mass is 32.2. The second kappa shape index (κ2) is 4.89. The number of nitrogens with one attached hydrogen (secondary N) is 1. The van der Waals surface area contributed by atoms with E-state index in [2.05, 4.69) is 25.7 Å². The predicted molar refractivity (Wildman–Crippen MR) is 60.7 cm³/mol. The highest BCUT2D eigenvalue weighted by Crippen LogP contribution is 2.25. The van der Waals surface area contributed by atoms with E-state index in [1.165, 1.54) is 0 Å². The zero-order chi connectivity index (χ0) is 9.84. The topological polar surface area (TPSA) is 27.1 Å². The molecule has 0 aromatic heterocycles. The third-order valence-corrected chi connectivity index (χ3v) is 3.52. The molecule has 0 aromatic rings. The van der Waals surface area contributed by atoms with E-state index in [4.69, 9.17) is 5.41 Å². The summed E-state index contributed by atoms with van der Waals surface area (Å²) < 4.78 is 0. The quantitative estimate of drug-likeness (QED) is 0.548. The molecule has 2 atom stereocenters. The molecule has 0 aromatic carbocycles. The minimum atomic E-state index is 0.681. The number of hydrogen-bond acceptors (Lipinski definition) is 2. The first-order chi connectivity index (χ1) is 6.13. The van der Waals surface area contributed by atoms with Crippen molar-refractivity contribution in [1.82, 2.24) is 4.90 Å². The van der Waals surface area contributed by atoms with Crippen LogP contribution in [0.15, 0.2) is 0 Å². The van der Waals surface area contributed by atoms with Gasteiger partial charge in [0.1, 0.15) is 0 Å². The molecule has 0 aliphatic carbocycles. The predicted octanol–water partition coefficient (Wildman–Crippen LogP) is 2.59. The van der Waals surface area contributed by atoms with Gasteiger partial charge in [-0.1, -0.05) is 20.8 Å². The fraction of sp³-hybridized carbons (Fsp3) is 0.900. The molecule has 2 nitrogen and oxygen atoms in total. The van der Waals surface area contributed by atoms with Gasteiger partial charge in [-0.05, 0) is 6.42 Å². The van der Waals surface area contributed by atoms with Crippen molar-refractivity contribution >= 4 is 17.6 Å². The minimum absolute atomic E-state index is 0.681. The highest BCUT2D eigenvalue weighted by molar-refractivity contribution is 8.00. The van der Waals surface area contributed by atoms with Crippen molar-refractivity contribution < 1.29 is 0 Å².